The van der Waals surface area contributed by atoms with E-state index in [0.29, 0.717) is 0 Å². The third-order valence-corrected chi connectivity index (χ3v) is 1.24. The number of hydrogen-bond donors (Lipinski definition) is 0. The Kier molecular flexibility index (Phi) is 3.48. The lowest BCUT2D eigenvalue weighted by atomic mass is 10.5. The van der Waals surface area contributed by atoms with Crippen molar-refractivity contribution in [3.63, 3.8) is 0 Å². The fraction of sp³-hybridized carbons (Fsp3) is 0.500. The average molecular weight is 144 g/mol. The van der Waals surface area contributed by atoms with E-state index in [2.05, 4.69) is 11.9 Å². The van der Waals surface area contributed by atoms with Gasteiger partial charge in [-0.3, -0.25) is 0 Å². The van der Waals surface area contributed by atoms with E-state index in [9.17, 15) is 0 Å². The Labute approximate surface area is 58.9 Å². The van der Waals surface area contributed by atoms with Gasteiger partial charge in [0.15, 0.2) is 0 Å². The summed E-state index contributed by atoms with van der Waals surface area (Å²) in [4.78, 5) is 4.10. The number of aryl methyl sites for hydroxylation is 2. The third-order valence-electron chi connectivity index (χ3n) is 1.24. The largest absolute Gasteiger partial charge is 0.338 e. The van der Waals surface area contributed by atoms with Crippen molar-refractivity contribution < 1.29 is 0 Å². The summed E-state index contributed by atoms with van der Waals surface area (Å²) in [7, 11) is 2.01. The van der Waals surface area contributed by atoms with Gasteiger partial charge >= 0.3 is 0 Å². The summed E-state index contributed by atoms with van der Waals surface area (Å²) in [6.07, 6.45) is 4.79. The van der Waals surface area contributed by atoms with Crippen LogP contribution in [0, 0.1) is 0 Å². The number of hydrogen-bond acceptors (Lipinski definition) is 1. The highest BCUT2D eigenvalue weighted by Crippen LogP contribution is 1.92. The first kappa shape index (κ1) is 8.64. The molecular weight excluding hydrogens is 131 g/mol. The van der Waals surface area contributed by atoms with Crippen LogP contribution in [0.3, 0.4) is 0 Å². The van der Waals surface area contributed by atoms with Gasteiger partial charge in [0.25, 0.3) is 0 Å². The molecule has 0 radical (unpaired) electrons. The maximum absolute atomic E-state index is 4.10. The molecule has 0 saturated heterocycles. The van der Waals surface area contributed by atoms with Crippen LogP contribution in [0.25, 0.3) is 0 Å². The molecule has 52 valence electrons. The number of rotatable bonds is 1. The van der Waals surface area contributed by atoms with Crippen LogP contribution in [0.1, 0.15) is 12.7 Å². The molecule has 0 aliphatic carbocycles. The zero-order valence-electron chi connectivity index (χ0n) is 5.96. The Morgan fingerprint density at radius 2 is 2.33 bits per heavy atom. The third kappa shape index (κ3) is 1.79. The van der Waals surface area contributed by atoms with Gasteiger partial charge in [0.2, 0.25) is 0 Å². The van der Waals surface area contributed by atoms with Crippen LogP contribution >= 0.6 is 9.90 Å². The van der Waals surface area contributed by atoms with Crippen molar-refractivity contribution in [3.05, 3.63) is 18.2 Å². The lowest BCUT2D eigenvalue weighted by molar-refractivity contribution is 0.808. The van der Waals surface area contributed by atoms with E-state index in [4.69, 9.17) is 0 Å². The molecule has 0 aliphatic heterocycles. The van der Waals surface area contributed by atoms with Gasteiger partial charge in [0, 0.05) is 25.9 Å². The first-order valence-electron chi connectivity index (χ1n) is 2.80. The van der Waals surface area contributed by atoms with Gasteiger partial charge in [-0.05, 0) is 0 Å². The van der Waals surface area contributed by atoms with Crippen LogP contribution in [-0.2, 0) is 13.5 Å². The van der Waals surface area contributed by atoms with Crippen LogP contribution in [-0.4, -0.2) is 9.55 Å². The van der Waals surface area contributed by atoms with E-state index in [0.717, 1.165) is 12.2 Å². The minimum Gasteiger partial charge on any atom is -0.338 e. The van der Waals surface area contributed by atoms with Crippen molar-refractivity contribution in [2.24, 2.45) is 7.05 Å². The van der Waals surface area contributed by atoms with Gasteiger partial charge < -0.3 is 4.57 Å². The molecule has 0 bridgehead atoms. The Morgan fingerprint density at radius 1 is 1.67 bits per heavy atom. The normalized spacial score (nSPS) is 8.67. The van der Waals surface area contributed by atoms with E-state index in [1.165, 1.54) is 0 Å². The fourth-order valence-electron chi connectivity index (χ4n) is 0.737. The van der Waals surface area contributed by atoms with Gasteiger partial charge in [-0.25, -0.2) is 4.98 Å². The average Bonchev–Trinajstić information content (AvgIpc) is 2.14. The number of aromatic nitrogens is 2. The van der Waals surface area contributed by atoms with Gasteiger partial charge in [-0.2, -0.15) is 9.90 Å². The van der Waals surface area contributed by atoms with E-state index >= 15 is 0 Å². The summed E-state index contributed by atoms with van der Waals surface area (Å²) in [6.45, 7) is 2.10. The Balaban J connectivity index is 0.000000640. The highest BCUT2D eigenvalue weighted by atomic mass is 31.0. The molecule has 0 spiro atoms. The fourth-order valence-corrected chi connectivity index (χ4v) is 0.737. The molecule has 9 heavy (non-hydrogen) atoms. The molecule has 1 aromatic heterocycles. The molecule has 0 amide bonds. The molecular formula is C6H13N2P. The first-order valence-corrected chi connectivity index (χ1v) is 2.80. The van der Waals surface area contributed by atoms with Crippen molar-refractivity contribution in [2.45, 2.75) is 13.3 Å². The lowest BCUT2D eigenvalue weighted by Gasteiger charge is -1.92. The summed E-state index contributed by atoms with van der Waals surface area (Å²) in [5.74, 6) is 1.14. The highest BCUT2D eigenvalue weighted by Gasteiger charge is 1.90. The number of imidazole rings is 1. The molecule has 0 N–H and O–H groups in total. The molecule has 2 nitrogen and oxygen atoms in total. The molecule has 1 atom stereocenters. The maximum Gasteiger partial charge on any atom is 0.108 e. The molecule has 0 aliphatic rings. The predicted molar refractivity (Wildman–Crippen MR) is 43.7 cm³/mol. The number of nitrogens with zero attached hydrogens (tertiary/aromatic N) is 2. The van der Waals surface area contributed by atoms with Crippen molar-refractivity contribution in [1.82, 2.24) is 9.55 Å². The molecule has 1 unspecified atom stereocenters. The van der Waals surface area contributed by atoms with Crippen molar-refractivity contribution in [2.75, 3.05) is 0 Å². The molecule has 1 rings (SSSR count). The molecule has 0 fully saturated rings. The standard InChI is InChI=1S/C6H10N2.H3P/c1-3-6-7-4-5-8(6)2;/h4-5H,3H2,1-2H3;1H3. The summed E-state index contributed by atoms with van der Waals surface area (Å²) in [5, 5.41) is 0. The van der Waals surface area contributed by atoms with Crippen molar-refractivity contribution in [3.8, 4) is 0 Å². The predicted octanol–water partition coefficient (Wildman–Crippen LogP) is 1.04. The van der Waals surface area contributed by atoms with Crippen LogP contribution < -0.4 is 0 Å². The smallest absolute Gasteiger partial charge is 0.108 e. The summed E-state index contributed by atoms with van der Waals surface area (Å²) < 4.78 is 2.03. The molecule has 3 heteroatoms. The maximum atomic E-state index is 4.10. The minimum atomic E-state index is 0. The quantitative estimate of drug-likeness (QED) is 0.538. The SMILES string of the molecule is CCc1nccn1C.P. The topological polar surface area (TPSA) is 17.8 Å². The van der Waals surface area contributed by atoms with E-state index in [-0.39, 0.29) is 9.90 Å². The Morgan fingerprint density at radius 3 is 2.56 bits per heavy atom. The molecule has 0 aromatic carbocycles. The summed E-state index contributed by atoms with van der Waals surface area (Å²) in [6, 6.07) is 0. The van der Waals surface area contributed by atoms with Crippen LogP contribution in [0.2, 0.25) is 0 Å². The molecule has 0 saturated carbocycles. The van der Waals surface area contributed by atoms with Crippen LogP contribution in [0.5, 0.6) is 0 Å². The van der Waals surface area contributed by atoms with Crippen LogP contribution in [0.15, 0.2) is 12.4 Å². The second-order valence-electron chi connectivity index (χ2n) is 1.81. The van der Waals surface area contributed by atoms with E-state index < -0.39 is 0 Å². The zero-order valence-corrected chi connectivity index (χ0v) is 7.38. The second-order valence-corrected chi connectivity index (χ2v) is 1.81. The molecule has 1 aromatic rings. The van der Waals surface area contributed by atoms with Gasteiger partial charge in [-0.15, -0.1) is 0 Å². The summed E-state index contributed by atoms with van der Waals surface area (Å²) in [5.41, 5.74) is 0. The Bertz CT molecular complexity index is 171. The van der Waals surface area contributed by atoms with Gasteiger partial charge in [0.05, 0.1) is 0 Å². The summed E-state index contributed by atoms with van der Waals surface area (Å²) >= 11 is 0. The highest BCUT2D eigenvalue weighted by molar-refractivity contribution is 6.92. The van der Waals surface area contributed by atoms with Gasteiger partial charge in [0.1, 0.15) is 5.82 Å². The van der Waals surface area contributed by atoms with Crippen LogP contribution in [0.4, 0.5) is 0 Å². The monoisotopic (exact) mass is 144 g/mol. The zero-order chi connectivity index (χ0) is 5.98. The van der Waals surface area contributed by atoms with E-state index in [1.54, 1.807) is 0 Å². The van der Waals surface area contributed by atoms with E-state index in [1.807, 2.05) is 24.0 Å². The molecule has 1 heterocycles. The first-order chi connectivity index (χ1) is 3.84. The Hall–Kier alpha value is -0.360. The van der Waals surface area contributed by atoms with Gasteiger partial charge in [-0.1, -0.05) is 6.92 Å². The second kappa shape index (κ2) is 3.62. The van der Waals surface area contributed by atoms with Crippen molar-refractivity contribution in [1.29, 1.82) is 0 Å². The lowest BCUT2D eigenvalue weighted by Crippen LogP contribution is -1.92. The minimum absolute atomic E-state index is 0. The van der Waals surface area contributed by atoms with Crippen molar-refractivity contribution >= 4 is 9.90 Å².